The molecule has 0 aliphatic heterocycles. The molecule has 0 aliphatic rings. The van der Waals surface area contributed by atoms with Gasteiger partial charge >= 0.3 is 5.69 Å². The molecule has 0 amide bonds. The normalized spacial score (nSPS) is 10.9. The number of nitrogens with zero attached hydrogens (tertiary/aromatic N) is 3. The number of rotatable bonds is 7. The van der Waals surface area contributed by atoms with E-state index in [-0.39, 0.29) is 23.9 Å². The van der Waals surface area contributed by atoms with Crippen LogP contribution in [0.1, 0.15) is 5.82 Å². The third-order valence-corrected chi connectivity index (χ3v) is 5.25. The molecule has 2 aromatic carbocycles. The number of thiophene rings is 1. The molecule has 9 heteroatoms. The quantitative estimate of drug-likeness (QED) is 0.297. The number of hydrogen-bond acceptors (Lipinski definition) is 8. The fourth-order valence-electron chi connectivity index (χ4n) is 3.01. The summed E-state index contributed by atoms with van der Waals surface area (Å²) < 4.78 is 16.3. The first-order valence-electron chi connectivity index (χ1n) is 8.93. The van der Waals surface area contributed by atoms with E-state index in [1.165, 1.54) is 30.6 Å². The standard InChI is InChI=1S/C21H17N3O5S/c1-27-11-18-22-20(29-17-9-8-14(28-2)10-16(17)24(25)26)19-15(12-30-21(19)23-18)13-6-4-3-5-7-13/h3-10,12H,11H2,1-2H3. The number of nitro benzene ring substituents is 1. The lowest BCUT2D eigenvalue weighted by molar-refractivity contribution is -0.385. The van der Waals surface area contributed by atoms with E-state index in [1.807, 2.05) is 35.7 Å². The molecule has 30 heavy (non-hydrogen) atoms. The highest BCUT2D eigenvalue weighted by Crippen LogP contribution is 2.41. The lowest BCUT2D eigenvalue weighted by atomic mass is 10.1. The Morgan fingerprint density at radius 1 is 1.10 bits per heavy atom. The zero-order valence-electron chi connectivity index (χ0n) is 16.2. The Balaban J connectivity index is 1.89. The average Bonchev–Trinajstić information content (AvgIpc) is 3.19. The molecule has 2 aromatic heterocycles. The van der Waals surface area contributed by atoms with Crippen molar-refractivity contribution in [3.05, 3.63) is 69.8 Å². The topological polar surface area (TPSA) is 96.6 Å². The van der Waals surface area contributed by atoms with Gasteiger partial charge in [-0.1, -0.05) is 30.3 Å². The highest BCUT2D eigenvalue weighted by atomic mass is 32.1. The van der Waals surface area contributed by atoms with E-state index < -0.39 is 4.92 Å². The zero-order valence-corrected chi connectivity index (χ0v) is 17.0. The average molecular weight is 423 g/mol. The van der Waals surface area contributed by atoms with Gasteiger partial charge in [-0.2, -0.15) is 4.98 Å². The van der Waals surface area contributed by atoms with Crippen LogP contribution in [0.3, 0.4) is 0 Å². The largest absolute Gasteiger partial charge is 0.496 e. The second kappa shape index (κ2) is 8.44. The van der Waals surface area contributed by atoms with Crippen molar-refractivity contribution in [2.45, 2.75) is 6.61 Å². The third kappa shape index (κ3) is 3.80. The van der Waals surface area contributed by atoms with Gasteiger partial charge in [0.05, 0.1) is 23.5 Å². The summed E-state index contributed by atoms with van der Waals surface area (Å²) in [5.74, 6) is 1.09. The number of ether oxygens (including phenoxy) is 3. The van der Waals surface area contributed by atoms with Gasteiger partial charge in [0.15, 0.2) is 5.82 Å². The van der Waals surface area contributed by atoms with Crippen LogP contribution in [0.2, 0.25) is 0 Å². The SMILES string of the molecule is COCc1nc(Oc2ccc(OC)cc2[N+](=O)[O-])c2c(-c3ccccc3)csc2n1. The van der Waals surface area contributed by atoms with Gasteiger partial charge in [0.2, 0.25) is 11.6 Å². The molecular formula is C21H17N3O5S. The lowest BCUT2D eigenvalue weighted by Gasteiger charge is -2.10. The maximum absolute atomic E-state index is 11.6. The van der Waals surface area contributed by atoms with E-state index in [4.69, 9.17) is 14.2 Å². The van der Waals surface area contributed by atoms with Crippen LogP contribution >= 0.6 is 11.3 Å². The molecule has 0 saturated heterocycles. The monoisotopic (exact) mass is 423 g/mol. The number of aromatic nitrogens is 2. The molecule has 4 rings (SSSR count). The van der Waals surface area contributed by atoms with Crippen molar-refractivity contribution in [2.75, 3.05) is 14.2 Å². The summed E-state index contributed by atoms with van der Waals surface area (Å²) >= 11 is 1.45. The fraction of sp³-hybridized carbons (Fsp3) is 0.143. The molecule has 0 aliphatic carbocycles. The van der Waals surface area contributed by atoms with Crippen LogP contribution in [0.4, 0.5) is 5.69 Å². The van der Waals surface area contributed by atoms with Crippen LogP contribution in [0, 0.1) is 10.1 Å². The first-order valence-corrected chi connectivity index (χ1v) is 9.81. The van der Waals surface area contributed by atoms with Crippen LogP contribution in [0.15, 0.2) is 53.9 Å². The van der Waals surface area contributed by atoms with E-state index in [1.54, 1.807) is 13.2 Å². The maximum Gasteiger partial charge on any atom is 0.315 e. The van der Waals surface area contributed by atoms with E-state index in [0.29, 0.717) is 21.8 Å². The van der Waals surface area contributed by atoms with Crippen molar-refractivity contribution in [3.63, 3.8) is 0 Å². The van der Waals surface area contributed by atoms with E-state index in [2.05, 4.69) is 9.97 Å². The van der Waals surface area contributed by atoms with Gasteiger partial charge in [0.25, 0.3) is 0 Å². The number of methoxy groups -OCH3 is 2. The van der Waals surface area contributed by atoms with Crippen molar-refractivity contribution < 1.29 is 19.1 Å². The predicted molar refractivity (Wildman–Crippen MR) is 113 cm³/mol. The first-order chi connectivity index (χ1) is 14.6. The highest BCUT2D eigenvalue weighted by molar-refractivity contribution is 7.17. The van der Waals surface area contributed by atoms with Gasteiger partial charge in [-0.15, -0.1) is 11.3 Å². The number of nitro groups is 1. The third-order valence-electron chi connectivity index (χ3n) is 4.37. The van der Waals surface area contributed by atoms with Crippen molar-refractivity contribution in [1.82, 2.24) is 9.97 Å². The summed E-state index contributed by atoms with van der Waals surface area (Å²) in [5.41, 5.74) is 1.65. The maximum atomic E-state index is 11.6. The minimum Gasteiger partial charge on any atom is -0.496 e. The molecule has 2 heterocycles. The molecule has 0 bridgehead atoms. The van der Waals surface area contributed by atoms with Crippen molar-refractivity contribution in [1.29, 1.82) is 0 Å². The number of fused-ring (bicyclic) bond motifs is 1. The van der Waals surface area contributed by atoms with Crippen LogP contribution in [0.25, 0.3) is 21.3 Å². The van der Waals surface area contributed by atoms with Gasteiger partial charge in [0, 0.05) is 18.1 Å². The van der Waals surface area contributed by atoms with E-state index in [0.717, 1.165) is 11.1 Å². The highest BCUT2D eigenvalue weighted by Gasteiger charge is 2.22. The zero-order chi connectivity index (χ0) is 21.1. The van der Waals surface area contributed by atoms with Crippen LogP contribution in [0.5, 0.6) is 17.4 Å². The van der Waals surface area contributed by atoms with Crippen molar-refractivity contribution in [3.8, 4) is 28.5 Å². The summed E-state index contributed by atoms with van der Waals surface area (Å²) in [4.78, 5) is 20.8. The molecule has 152 valence electrons. The molecule has 8 nitrogen and oxygen atoms in total. The molecule has 0 unspecified atom stereocenters. The minimum absolute atomic E-state index is 0.0642. The lowest BCUT2D eigenvalue weighted by Crippen LogP contribution is -2.01. The smallest absolute Gasteiger partial charge is 0.315 e. The fourth-order valence-corrected chi connectivity index (χ4v) is 3.96. The van der Waals surface area contributed by atoms with Gasteiger partial charge in [-0.05, 0) is 17.7 Å². The Labute approximate surface area is 175 Å². The second-order valence-corrected chi connectivity index (χ2v) is 7.12. The second-order valence-electron chi connectivity index (χ2n) is 6.27. The van der Waals surface area contributed by atoms with Gasteiger partial charge in [-0.25, -0.2) is 4.98 Å². The summed E-state index contributed by atoms with van der Waals surface area (Å²) in [6.45, 7) is 0.190. The minimum atomic E-state index is -0.516. The Kier molecular flexibility index (Phi) is 5.55. The van der Waals surface area contributed by atoms with Gasteiger partial charge in [0.1, 0.15) is 17.2 Å². The molecule has 0 saturated carbocycles. The molecule has 0 atom stereocenters. The summed E-state index contributed by atoms with van der Waals surface area (Å²) in [7, 11) is 2.99. The Hall–Kier alpha value is -3.56. The summed E-state index contributed by atoms with van der Waals surface area (Å²) in [6, 6.07) is 14.2. The van der Waals surface area contributed by atoms with Crippen molar-refractivity contribution in [2.24, 2.45) is 0 Å². The van der Waals surface area contributed by atoms with Crippen LogP contribution < -0.4 is 9.47 Å². The number of benzene rings is 2. The Bertz CT molecular complexity index is 1210. The molecule has 0 N–H and O–H groups in total. The van der Waals surface area contributed by atoms with Crippen molar-refractivity contribution >= 4 is 27.2 Å². The van der Waals surface area contributed by atoms with Crippen LogP contribution in [-0.4, -0.2) is 29.1 Å². The number of hydrogen-bond donors (Lipinski definition) is 0. The Morgan fingerprint density at radius 3 is 2.60 bits per heavy atom. The van der Waals surface area contributed by atoms with Gasteiger partial charge in [-0.3, -0.25) is 10.1 Å². The van der Waals surface area contributed by atoms with Gasteiger partial charge < -0.3 is 14.2 Å². The molecule has 0 spiro atoms. The van der Waals surface area contributed by atoms with E-state index in [9.17, 15) is 10.1 Å². The molecular weight excluding hydrogens is 406 g/mol. The first kappa shape index (κ1) is 19.7. The molecule has 0 radical (unpaired) electrons. The summed E-state index contributed by atoms with van der Waals surface area (Å²) in [6.07, 6.45) is 0. The van der Waals surface area contributed by atoms with Crippen LogP contribution in [-0.2, 0) is 11.3 Å². The molecule has 4 aromatic rings. The summed E-state index contributed by atoms with van der Waals surface area (Å²) in [5, 5.41) is 14.2. The van der Waals surface area contributed by atoms with E-state index >= 15 is 0 Å². The molecule has 0 fully saturated rings. The Morgan fingerprint density at radius 2 is 1.90 bits per heavy atom. The predicted octanol–water partition coefficient (Wildman–Crippen LogP) is 5.21.